The SMILES string of the molecule is C=CCCC(F)CC[C@@H](NC(=O)OC(C)(C)C)C(=O)O. The van der Waals surface area contributed by atoms with Crippen molar-refractivity contribution in [3.05, 3.63) is 12.7 Å². The lowest BCUT2D eigenvalue weighted by molar-refractivity contribution is -0.139. The average Bonchev–Trinajstić information content (AvgIpc) is 2.29. The number of carbonyl (C=O) groups excluding carboxylic acids is 1. The van der Waals surface area contributed by atoms with Crippen LogP contribution in [0, 0.1) is 0 Å². The number of alkyl halides is 1. The Kier molecular flexibility index (Phi) is 7.87. The molecule has 0 radical (unpaired) electrons. The predicted octanol–water partition coefficient (Wildman–Crippen LogP) is 3.05. The highest BCUT2D eigenvalue weighted by Crippen LogP contribution is 2.12. The summed E-state index contributed by atoms with van der Waals surface area (Å²) in [6, 6.07) is -1.15. The van der Waals surface area contributed by atoms with Crippen molar-refractivity contribution in [2.75, 3.05) is 0 Å². The molecule has 0 heterocycles. The number of halogens is 1. The molecule has 0 fully saturated rings. The zero-order chi connectivity index (χ0) is 15.8. The topological polar surface area (TPSA) is 75.6 Å². The van der Waals surface area contributed by atoms with Gasteiger partial charge in [0.05, 0.1) is 0 Å². The van der Waals surface area contributed by atoms with Crippen molar-refractivity contribution in [1.82, 2.24) is 5.32 Å². The van der Waals surface area contributed by atoms with Gasteiger partial charge in [-0.3, -0.25) is 0 Å². The van der Waals surface area contributed by atoms with Gasteiger partial charge >= 0.3 is 12.1 Å². The number of alkyl carbamates (subject to hydrolysis) is 1. The maximum Gasteiger partial charge on any atom is 0.408 e. The lowest BCUT2D eigenvalue weighted by Crippen LogP contribution is -2.43. The first kappa shape index (κ1) is 18.4. The fourth-order valence-electron chi connectivity index (χ4n) is 1.50. The molecule has 0 bridgehead atoms. The van der Waals surface area contributed by atoms with Gasteiger partial charge in [0.1, 0.15) is 17.8 Å². The van der Waals surface area contributed by atoms with E-state index in [0.717, 1.165) is 0 Å². The second kappa shape index (κ2) is 8.55. The van der Waals surface area contributed by atoms with E-state index in [-0.39, 0.29) is 12.8 Å². The summed E-state index contributed by atoms with van der Waals surface area (Å²) < 4.78 is 18.4. The molecule has 0 saturated heterocycles. The van der Waals surface area contributed by atoms with E-state index in [4.69, 9.17) is 9.84 Å². The quantitative estimate of drug-likeness (QED) is 0.673. The fraction of sp³-hybridized carbons (Fsp3) is 0.714. The molecule has 0 rings (SSSR count). The van der Waals surface area contributed by atoms with Gasteiger partial charge in [-0.05, 0) is 46.5 Å². The van der Waals surface area contributed by atoms with E-state index in [9.17, 15) is 14.0 Å². The molecule has 0 saturated carbocycles. The minimum Gasteiger partial charge on any atom is -0.480 e. The van der Waals surface area contributed by atoms with Crippen LogP contribution in [0.4, 0.5) is 9.18 Å². The Balaban J connectivity index is 4.27. The largest absolute Gasteiger partial charge is 0.480 e. The average molecular weight is 289 g/mol. The molecule has 2 N–H and O–H groups in total. The van der Waals surface area contributed by atoms with Crippen molar-refractivity contribution in [2.24, 2.45) is 0 Å². The van der Waals surface area contributed by atoms with Crippen molar-refractivity contribution in [1.29, 1.82) is 0 Å². The van der Waals surface area contributed by atoms with Crippen molar-refractivity contribution in [2.45, 2.75) is 64.3 Å². The Morgan fingerprint density at radius 3 is 2.40 bits per heavy atom. The lowest BCUT2D eigenvalue weighted by Gasteiger charge is -2.22. The van der Waals surface area contributed by atoms with Crippen LogP contribution in [0.5, 0.6) is 0 Å². The smallest absolute Gasteiger partial charge is 0.408 e. The standard InChI is InChI=1S/C14H24FNO4/c1-5-6-7-10(15)8-9-11(12(17)18)16-13(19)20-14(2,3)4/h5,10-11H,1,6-9H2,2-4H3,(H,16,19)(H,17,18)/t10?,11-/m1/s1. The Labute approximate surface area is 119 Å². The maximum atomic E-state index is 13.4. The molecule has 20 heavy (non-hydrogen) atoms. The Hall–Kier alpha value is -1.59. The first-order chi connectivity index (χ1) is 9.15. The van der Waals surface area contributed by atoms with E-state index in [1.165, 1.54) is 0 Å². The molecule has 1 unspecified atom stereocenters. The van der Waals surface area contributed by atoms with Gasteiger partial charge in [-0.15, -0.1) is 6.58 Å². The van der Waals surface area contributed by atoms with Crippen LogP contribution < -0.4 is 5.32 Å². The summed E-state index contributed by atoms with van der Waals surface area (Å²) in [7, 11) is 0. The Bertz CT molecular complexity index is 339. The number of hydrogen-bond acceptors (Lipinski definition) is 3. The van der Waals surface area contributed by atoms with E-state index in [0.29, 0.717) is 12.8 Å². The summed E-state index contributed by atoms with van der Waals surface area (Å²) in [6.07, 6.45) is 0.635. The van der Waals surface area contributed by atoms with Crippen molar-refractivity contribution < 1.29 is 23.8 Å². The fourth-order valence-corrected chi connectivity index (χ4v) is 1.50. The zero-order valence-corrected chi connectivity index (χ0v) is 12.3. The lowest BCUT2D eigenvalue weighted by atomic mass is 10.1. The van der Waals surface area contributed by atoms with Crippen LogP contribution in [-0.2, 0) is 9.53 Å². The normalized spacial score (nSPS) is 14.2. The molecule has 0 aliphatic heterocycles. The molecule has 0 aromatic carbocycles. The van der Waals surface area contributed by atoms with E-state index in [1.807, 2.05) is 0 Å². The molecule has 2 atom stereocenters. The minimum atomic E-state index is -1.20. The van der Waals surface area contributed by atoms with E-state index in [1.54, 1.807) is 26.8 Å². The van der Waals surface area contributed by atoms with Gasteiger partial charge in [-0.1, -0.05) is 6.08 Å². The van der Waals surface area contributed by atoms with Crippen molar-refractivity contribution in [3.63, 3.8) is 0 Å². The van der Waals surface area contributed by atoms with E-state index in [2.05, 4.69) is 11.9 Å². The highest BCUT2D eigenvalue weighted by Gasteiger charge is 2.24. The number of ether oxygens (including phenoxy) is 1. The molecular formula is C14H24FNO4. The highest BCUT2D eigenvalue weighted by atomic mass is 19.1. The summed E-state index contributed by atoms with van der Waals surface area (Å²) in [5.74, 6) is -1.20. The molecule has 1 amide bonds. The molecular weight excluding hydrogens is 265 g/mol. The molecule has 0 aromatic heterocycles. The van der Waals surface area contributed by atoms with Crippen LogP contribution in [0.15, 0.2) is 12.7 Å². The molecule has 5 nitrogen and oxygen atoms in total. The van der Waals surface area contributed by atoms with Crippen LogP contribution in [0.1, 0.15) is 46.5 Å². The summed E-state index contributed by atoms with van der Waals surface area (Å²) in [4.78, 5) is 22.5. The van der Waals surface area contributed by atoms with Gasteiger partial charge < -0.3 is 15.2 Å². The van der Waals surface area contributed by atoms with Crippen LogP contribution in [0.25, 0.3) is 0 Å². The summed E-state index contributed by atoms with van der Waals surface area (Å²) >= 11 is 0. The first-order valence-corrected chi connectivity index (χ1v) is 6.63. The number of allylic oxidation sites excluding steroid dienone is 1. The molecule has 0 aromatic rings. The van der Waals surface area contributed by atoms with Gasteiger partial charge in [0.2, 0.25) is 0 Å². The summed E-state index contributed by atoms with van der Waals surface area (Å²) in [6.45, 7) is 8.52. The number of carbonyl (C=O) groups is 2. The summed E-state index contributed by atoms with van der Waals surface area (Å²) in [5, 5.41) is 11.2. The second-order valence-corrected chi connectivity index (χ2v) is 5.58. The third-order valence-electron chi connectivity index (χ3n) is 2.44. The van der Waals surface area contributed by atoms with E-state index >= 15 is 0 Å². The number of nitrogens with one attached hydrogen (secondary N) is 1. The highest BCUT2D eigenvalue weighted by molar-refractivity contribution is 5.79. The van der Waals surface area contributed by atoms with Crippen LogP contribution in [-0.4, -0.2) is 35.0 Å². The van der Waals surface area contributed by atoms with Crippen LogP contribution in [0.2, 0.25) is 0 Å². The molecule has 0 aliphatic carbocycles. The maximum absolute atomic E-state index is 13.4. The van der Waals surface area contributed by atoms with Crippen molar-refractivity contribution in [3.8, 4) is 0 Å². The number of aliphatic carboxylic acids is 1. The van der Waals surface area contributed by atoms with Gasteiger partial charge in [0.25, 0.3) is 0 Å². The van der Waals surface area contributed by atoms with E-state index < -0.39 is 29.9 Å². The molecule has 6 heteroatoms. The third kappa shape index (κ3) is 9.35. The monoisotopic (exact) mass is 289 g/mol. The molecule has 0 aliphatic rings. The van der Waals surface area contributed by atoms with Crippen molar-refractivity contribution >= 4 is 12.1 Å². The van der Waals surface area contributed by atoms with Gasteiger partial charge in [0, 0.05) is 0 Å². The Morgan fingerprint density at radius 1 is 1.35 bits per heavy atom. The molecule has 0 spiro atoms. The zero-order valence-electron chi connectivity index (χ0n) is 12.3. The Morgan fingerprint density at radius 2 is 1.95 bits per heavy atom. The summed E-state index contributed by atoms with van der Waals surface area (Å²) in [5.41, 5.74) is -0.709. The number of amides is 1. The first-order valence-electron chi connectivity index (χ1n) is 6.63. The second-order valence-electron chi connectivity index (χ2n) is 5.58. The van der Waals surface area contributed by atoms with Crippen LogP contribution >= 0.6 is 0 Å². The predicted molar refractivity (Wildman–Crippen MR) is 74.4 cm³/mol. The van der Waals surface area contributed by atoms with Gasteiger partial charge in [-0.2, -0.15) is 0 Å². The number of carboxylic acids is 1. The van der Waals surface area contributed by atoms with Gasteiger partial charge in [-0.25, -0.2) is 14.0 Å². The molecule has 116 valence electrons. The number of carboxylic acid groups (broad SMARTS) is 1. The van der Waals surface area contributed by atoms with Gasteiger partial charge in [0.15, 0.2) is 0 Å². The minimum absolute atomic E-state index is 0.0207. The van der Waals surface area contributed by atoms with Crippen LogP contribution in [0.3, 0.4) is 0 Å². The third-order valence-corrected chi connectivity index (χ3v) is 2.44. The number of hydrogen-bond donors (Lipinski definition) is 2. The number of rotatable bonds is 8.